The van der Waals surface area contributed by atoms with E-state index in [1.54, 1.807) is 0 Å². The van der Waals surface area contributed by atoms with Crippen LogP contribution in [0.4, 0.5) is 0 Å². The standard InChI is InChI=1S/C6H12N2O3.HNO2/c7-5(10)4-6(11)8-2-1-3-9;2-1-3/h9H,1-4H2,(H2,7,10)(H,8,11);(H,2,3). The van der Waals surface area contributed by atoms with E-state index in [-0.39, 0.29) is 13.0 Å². The van der Waals surface area contributed by atoms with Crippen molar-refractivity contribution in [2.45, 2.75) is 12.8 Å². The van der Waals surface area contributed by atoms with Crippen LogP contribution in [0.5, 0.6) is 0 Å². The predicted octanol–water partition coefficient (Wildman–Crippen LogP) is -1.50. The minimum atomic E-state index is -0.647. The number of hydrogen-bond donors (Lipinski definition) is 4. The Bertz CT molecular complexity index is 184. The van der Waals surface area contributed by atoms with Gasteiger partial charge in [-0.05, 0) is 6.42 Å². The lowest BCUT2D eigenvalue weighted by Crippen LogP contribution is -2.29. The van der Waals surface area contributed by atoms with Gasteiger partial charge in [-0.3, -0.25) is 9.59 Å². The summed E-state index contributed by atoms with van der Waals surface area (Å²) in [5.41, 5.74) is 4.75. The second kappa shape index (κ2) is 11.3. The first-order valence-corrected chi connectivity index (χ1v) is 3.71. The summed E-state index contributed by atoms with van der Waals surface area (Å²) >= 11 is 0. The number of nitrogens with one attached hydrogen (secondary N) is 1. The Kier molecular flexibility index (Phi) is 11.9. The van der Waals surface area contributed by atoms with Crippen molar-refractivity contribution in [3.63, 3.8) is 0 Å². The maximum atomic E-state index is 10.6. The summed E-state index contributed by atoms with van der Waals surface area (Å²) in [6.07, 6.45) is 0.204. The van der Waals surface area contributed by atoms with Crippen molar-refractivity contribution >= 4 is 11.8 Å². The van der Waals surface area contributed by atoms with Gasteiger partial charge in [0.25, 0.3) is 0 Å². The number of carbonyl (C=O) groups excluding carboxylic acids is 2. The largest absolute Gasteiger partial charge is 0.396 e. The number of amides is 2. The molecule has 2 amide bonds. The van der Waals surface area contributed by atoms with E-state index in [0.29, 0.717) is 13.0 Å². The summed E-state index contributed by atoms with van der Waals surface area (Å²) in [5, 5.41) is 18.6. The molecule has 5 N–H and O–H groups in total. The fourth-order valence-electron chi connectivity index (χ4n) is 0.528. The van der Waals surface area contributed by atoms with Gasteiger partial charge in [0.15, 0.2) is 5.34 Å². The van der Waals surface area contributed by atoms with Gasteiger partial charge in [0.05, 0.1) is 0 Å². The van der Waals surface area contributed by atoms with E-state index in [0.717, 1.165) is 0 Å². The van der Waals surface area contributed by atoms with E-state index in [4.69, 9.17) is 21.0 Å². The normalized spacial score (nSPS) is 8.07. The summed E-state index contributed by atoms with van der Waals surface area (Å²) in [6.45, 7) is 0.402. The Labute approximate surface area is 80.0 Å². The number of hydrogen-bond acceptors (Lipinski definition) is 5. The van der Waals surface area contributed by atoms with Crippen molar-refractivity contribution in [2.24, 2.45) is 11.1 Å². The van der Waals surface area contributed by atoms with Crippen LogP contribution in [-0.4, -0.2) is 35.3 Å². The third kappa shape index (κ3) is 16.7. The van der Waals surface area contributed by atoms with Gasteiger partial charge in [-0.1, -0.05) is 0 Å². The van der Waals surface area contributed by atoms with Crippen molar-refractivity contribution < 1.29 is 19.9 Å². The molecule has 0 aliphatic heterocycles. The number of nitrogens with two attached hydrogens (primary N) is 1. The van der Waals surface area contributed by atoms with E-state index < -0.39 is 11.8 Å². The molecule has 0 aliphatic carbocycles. The summed E-state index contributed by atoms with van der Waals surface area (Å²) in [6, 6.07) is 0. The summed E-state index contributed by atoms with van der Waals surface area (Å²) in [4.78, 5) is 28.9. The highest BCUT2D eigenvalue weighted by Crippen LogP contribution is 1.78. The van der Waals surface area contributed by atoms with E-state index >= 15 is 0 Å². The van der Waals surface area contributed by atoms with Crippen molar-refractivity contribution in [1.29, 1.82) is 0 Å². The lowest BCUT2D eigenvalue weighted by Gasteiger charge is -2.00. The molecule has 82 valence electrons. The molecule has 0 rings (SSSR count). The third-order valence-electron chi connectivity index (χ3n) is 0.992. The quantitative estimate of drug-likeness (QED) is 0.188. The van der Waals surface area contributed by atoms with Gasteiger partial charge in [-0.15, -0.1) is 4.91 Å². The van der Waals surface area contributed by atoms with Gasteiger partial charge in [-0.25, -0.2) is 0 Å². The van der Waals surface area contributed by atoms with Gasteiger partial charge in [0.2, 0.25) is 11.8 Å². The minimum absolute atomic E-state index is 0.0247. The molecule has 8 heteroatoms. The first-order chi connectivity index (χ1) is 6.58. The molecule has 0 saturated heterocycles. The molecule has 0 aliphatic rings. The number of aliphatic hydroxyl groups is 1. The molecule has 0 atom stereocenters. The zero-order valence-corrected chi connectivity index (χ0v) is 7.47. The lowest BCUT2D eigenvalue weighted by atomic mass is 10.3. The molecule has 0 radical (unpaired) electrons. The van der Waals surface area contributed by atoms with Crippen LogP contribution in [-0.2, 0) is 9.59 Å². The fraction of sp³-hybridized carbons (Fsp3) is 0.667. The molecule has 14 heavy (non-hydrogen) atoms. The second-order valence-corrected chi connectivity index (χ2v) is 2.15. The first-order valence-electron chi connectivity index (χ1n) is 3.71. The first kappa shape index (κ1) is 14.8. The maximum Gasteiger partial charge on any atom is 0.229 e. The highest BCUT2D eigenvalue weighted by molar-refractivity contribution is 5.95. The van der Waals surface area contributed by atoms with E-state index in [9.17, 15) is 9.59 Å². The van der Waals surface area contributed by atoms with Gasteiger partial charge in [-0.2, -0.15) is 0 Å². The number of carbonyl (C=O) groups is 2. The van der Waals surface area contributed by atoms with Crippen LogP contribution in [0.1, 0.15) is 12.8 Å². The molecular formula is C6H13N3O5. The van der Waals surface area contributed by atoms with Crippen LogP contribution >= 0.6 is 0 Å². The van der Waals surface area contributed by atoms with E-state index in [1.807, 2.05) is 0 Å². The van der Waals surface area contributed by atoms with Crippen LogP contribution in [0.15, 0.2) is 5.34 Å². The lowest BCUT2D eigenvalue weighted by molar-refractivity contribution is -0.127. The van der Waals surface area contributed by atoms with Crippen molar-refractivity contribution in [3.8, 4) is 0 Å². The van der Waals surface area contributed by atoms with Gasteiger partial charge in [0, 0.05) is 13.2 Å². The maximum absolute atomic E-state index is 10.6. The van der Waals surface area contributed by atoms with Gasteiger partial charge in [0.1, 0.15) is 6.42 Å². The molecule has 0 bridgehead atoms. The van der Waals surface area contributed by atoms with Crippen LogP contribution in [0.25, 0.3) is 0 Å². The fourth-order valence-corrected chi connectivity index (χ4v) is 0.528. The Balaban J connectivity index is 0. The Morgan fingerprint density at radius 2 is 1.93 bits per heavy atom. The summed E-state index contributed by atoms with van der Waals surface area (Å²) in [5.74, 6) is -1.04. The van der Waals surface area contributed by atoms with Crippen LogP contribution in [0.3, 0.4) is 0 Å². The van der Waals surface area contributed by atoms with Crippen LogP contribution in [0, 0.1) is 4.91 Å². The Morgan fingerprint density at radius 1 is 1.43 bits per heavy atom. The number of rotatable bonds is 5. The zero-order chi connectivity index (χ0) is 11.4. The number of nitrogens with zero attached hydrogens (tertiary/aromatic N) is 1. The van der Waals surface area contributed by atoms with Gasteiger partial charge < -0.3 is 21.4 Å². The molecule has 8 nitrogen and oxygen atoms in total. The highest BCUT2D eigenvalue weighted by Gasteiger charge is 2.03. The summed E-state index contributed by atoms with van der Waals surface area (Å²) < 4.78 is 0. The molecule has 0 aromatic carbocycles. The molecule has 0 saturated carbocycles. The van der Waals surface area contributed by atoms with Crippen molar-refractivity contribution in [1.82, 2.24) is 5.32 Å². The number of aliphatic hydroxyl groups excluding tert-OH is 1. The Morgan fingerprint density at radius 3 is 2.29 bits per heavy atom. The topological polar surface area (TPSA) is 142 Å². The van der Waals surface area contributed by atoms with Crippen molar-refractivity contribution in [2.75, 3.05) is 13.2 Å². The second-order valence-electron chi connectivity index (χ2n) is 2.15. The summed E-state index contributed by atoms with van der Waals surface area (Å²) in [7, 11) is 0. The van der Waals surface area contributed by atoms with Gasteiger partial charge >= 0.3 is 0 Å². The van der Waals surface area contributed by atoms with Crippen LogP contribution < -0.4 is 11.1 Å². The Hall–Kier alpha value is -1.70. The monoisotopic (exact) mass is 207 g/mol. The SMILES string of the molecule is NC(=O)CC(=O)NCCCO.O=NO. The molecule has 0 aromatic rings. The smallest absolute Gasteiger partial charge is 0.229 e. The third-order valence-corrected chi connectivity index (χ3v) is 0.992. The average Bonchev–Trinajstić information content (AvgIpc) is 2.04. The van der Waals surface area contributed by atoms with E-state index in [2.05, 4.69) is 5.32 Å². The zero-order valence-electron chi connectivity index (χ0n) is 7.47. The van der Waals surface area contributed by atoms with Crippen LogP contribution in [0.2, 0.25) is 0 Å². The van der Waals surface area contributed by atoms with E-state index in [1.165, 1.54) is 5.34 Å². The molecule has 0 spiro atoms. The molecular weight excluding hydrogens is 194 g/mol. The molecule has 0 heterocycles. The number of primary amides is 1. The molecule has 0 fully saturated rings. The predicted molar refractivity (Wildman–Crippen MR) is 46.1 cm³/mol. The average molecular weight is 207 g/mol. The molecule has 0 unspecified atom stereocenters. The molecule has 0 aromatic heterocycles. The minimum Gasteiger partial charge on any atom is -0.396 e. The highest BCUT2D eigenvalue weighted by atomic mass is 16.6. The van der Waals surface area contributed by atoms with Crippen molar-refractivity contribution in [3.05, 3.63) is 4.91 Å².